The second kappa shape index (κ2) is 7.89. The van der Waals surface area contributed by atoms with Crippen LogP contribution >= 0.6 is 22.9 Å². The summed E-state index contributed by atoms with van der Waals surface area (Å²) in [6.45, 7) is 3.61. The molecule has 4 rings (SSSR count). The van der Waals surface area contributed by atoms with Crippen LogP contribution in [0.5, 0.6) is 0 Å². The van der Waals surface area contributed by atoms with E-state index in [-0.39, 0.29) is 11.7 Å². The molecule has 0 aliphatic heterocycles. The number of nitrogens with zero attached hydrogens (tertiary/aromatic N) is 1. The fourth-order valence-corrected chi connectivity index (χ4v) is 4.72. The number of amides is 1. The van der Waals surface area contributed by atoms with Crippen LogP contribution in [-0.4, -0.2) is 16.7 Å². The Labute approximate surface area is 182 Å². The third-order valence-electron chi connectivity index (χ3n) is 4.88. The molecule has 0 fully saturated rings. The van der Waals surface area contributed by atoms with E-state index < -0.39 is 0 Å². The number of anilines is 2. The summed E-state index contributed by atoms with van der Waals surface area (Å²) in [5.74, 6) is -0.457. The van der Waals surface area contributed by atoms with E-state index in [1.54, 1.807) is 31.2 Å². The van der Waals surface area contributed by atoms with Crippen molar-refractivity contribution in [2.45, 2.75) is 13.8 Å². The van der Waals surface area contributed by atoms with E-state index >= 15 is 0 Å². The van der Waals surface area contributed by atoms with Gasteiger partial charge in [0.05, 0.1) is 16.9 Å². The lowest BCUT2D eigenvalue weighted by molar-refractivity contribution is 0.102. The predicted octanol–water partition coefficient (Wildman–Crippen LogP) is 5.63. The minimum Gasteiger partial charge on any atom is -0.397 e. The minimum absolute atomic E-state index is 0.195. The van der Waals surface area contributed by atoms with Crippen molar-refractivity contribution in [2.24, 2.45) is 0 Å². The van der Waals surface area contributed by atoms with Crippen LogP contribution in [0.15, 0.2) is 54.6 Å². The van der Waals surface area contributed by atoms with Crippen LogP contribution in [0.4, 0.5) is 11.4 Å². The van der Waals surface area contributed by atoms with Crippen LogP contribution in [0.3, 0.4) is 0 Å². The van der Waals surface area contributed by atoms with E-state index in [0.29, 0.717) is 53.9 Å². The van der Waals surface area contributed by atoms with Crippen molar-refractivity contribution in [1.82, 2.24) is 4.98 Å². The fraction of sp³-hybridized carbons (Fsp3) is 0.0870. The average Bonchev–Trinajstić information content (AvgIpc) is 3.05. The van der Waals surface area contributed by atoms with Gasteiger partial charge >= 0.3 is 0 Å². The molecule has 0 saturated heterocycles. The van der Waals surface area contributed by atoms with Gasteiger partial charge in [-0.2, -0.15) is 0 Å². The Bertz CT molecular complexity index is 1280. The molecule has 2 aromatic carbocycles. The number of carbonyl (C=O) groups is 2. The van der Waals surface area contributed by atoms with Gasteiger partial charge in [0.2, 0.25) is 5.78 Å². The zero-order valence-electron chi connectivity index (χ0n) is 16.3. The molecule has 0 unspecified atom stereocenters. The van der Waals surface area contributed by atoms with Crippen molar-refractivity contribution < 1.29 is 9.59 Å². The van der Waals surface area contributed by atoms with Gasteiger partial charge in [0.1, 0.15) is 9.71 Å². The van der Waals surface area contributed by atoms with Crippen molar-refractivity contribution in [3.8, 4) is 0 Å². The zero-order valence-corrected chi connectivity index (χ0v) is 17.9. The van der Waals surface area contributed by atoms with Gasteiger partial charge in [-0.1, -0.05) is 29.8 Å². The number of para-hydroxylation sites is 1. The number of ketones is 1. The topological polar surface area (TPSA) is 85.1 Å². The van der Waals surface area contributed by atoms with Crippen molar-refractivity contribution in [2.75, 3.05) is 11.1 Å². The molecule has 1 amide bonds. The minimum atomic E-state index is -0.262. The van der Waals surface area contributed by atoms with Gasteiger partial charge in [0.25, 0.3) is 5.91 Å². The number of fused-ring (bicyclic) bond motifs is 1. The van der Waals surface area contributed by atoms with Crippen LogP contribution in [0, 0.1) is 13.8 Å². The van der Waals surface area contributed by atoms with E-state index in [4.69, 9.17) is 17.3 Å². The Kier molecular flexibility index (Phi) is 5.28. The molecule has 150 valence electrons. The zero-order chi connectivity index (χ0) is 21.4. The molecule has 30 heavy (non-hydrogen) atoms. The second-order valence-electron chi connectivity index (χ2n) is 6.88. The summed E-state index contributed by atoms with van der Waals surface area (Å²) >= 11 is 7.15. The predicted molar refractivity (Wildman–Crippen MR) is 123 cm³/mol. The van der Waals surface area contributed by atoms with Crippen LogP contribution in [0.25, 0.3) is 10.2 Å². The lowest BCUT2D eigenvalue weighted by Crippen LogP contribution is -2.16. The van der Waals surface area contributed by atoms with Gasteiger partial charge in [0, 0.05) is 21.7 Å². The Hall–Kier alpha value is -3.22. The highest BCUT2D eigenvalue weighted by Gasteiger charge is 2.24. The molecule has 0 aliphatic rings. The van der Waals surface area contributed by atoms with Gasteiger partial charge in [-0.15, -0.1) is 11.3 Å². The molecule has 7 heteroatoms. The standard InChI is InChI=1S/C23H18ClN3O2S/c1-12-17(22(29)27-16-6-4-3-5-7-16)13(2)26-23-18(12)19(25)21(30-23)20(28)14-8-10-15(24)11-9-14/h3-11H,25H2,1-2H3,(H,27,29). The molecule has 3 N–H and O–H groups in total. The summed E-state index contributed by atoms with van der Waals surface area (Å²) < 4.78 is 0. The Morgan fingerprint density at radius 3 is 2.37 bits per heavy atom. The van der Waals surface area contributed by atoms with Crippen LogP contribution in [0.1, 0.15) is 36.9 Å². The first kappa shape index (κ1) is 20.1. The van der Waals surface area contributed by atoms with Gasteiger partial charge in [-0.05, 0) is 55.8 Å². The molecular formula is C23H18ClN3O2S. The van der Waals surface area contributed by atoms with Crippen molar-refractivity contribution in [1.29, 1.82) is 0 Å². The molecule has 0 atom stereocenters. The molecule has 2 aromatic heterocycles. The number of hydrogen-bond acceptors (Lipinski definition) is 5. The number of rotatable bonds is 4. The highest BCUT2D eigenvalue weighted by atomic mass is 35.5. The van der Waals surface area contributed by atoms with E-state index in [1.807, 2.05) is 37.3 Å². The summed E-state index contributed by atoms with van der Waals surface area (Å²) in [5.41, 5.74) is 9.65. The first-order chi connectivity index (χ1) is 14.4. The summed E-state index contributed by atoms with van der Waals surface area (Å²) in [6.07, 6.45) is 0. The Morgan fingerprint density at radius 1 is 1.03 bits per heavy atom. The highest BCUT2D eigenvalue weighted by Crippen LogP contribution is 2.38. The molecular weight excluding hydrogens is 418 g/mol. The number of pyridine rings is 1. The number of carbonyl (C=O) groups excluding carboxylic acids is 2. The van der Waals surface area contributed by atoms with Crippen molar-refractivity contribution >= 4 is 56.2 Å². The maximum atomic E-state index is 13.0. The van der Waals surface area contributed by atoms with Crippen molar-refractivity contribution in [3.05, 3.63) is 86.9 Å². The third-order valence-corrected chi connectivity index (χ3v) is 6.23. The number of aromatic nitrogens is 1. The van der Waals surface area contributed by atoms with Crippen molar-refractivity contribution in [3.63, 3.8) is 0 Å². The highest BCUT2D eigenvalue weighted by molar-refractivity contribution is 7.21. The number of aryl methyl sites for hydroxylation is 2. The molecule has 4 aromatic rings. The maximum absolute atomic E-state index is 13.0. The first-order valence-electron chi connectivity index (χ1n) is 9.22. The lowest BCUT2D eigenvalue weighted by Gasteiger charge is -2.11. The molecule has 0 aliphatic carbocycles. The Balaban J connectivity index is 1.78. The number of hydrogen-bond donors (Lipinski definition) is 2. The summed E-state index contributed by atoms with van der Waals surface area (Å²) in [7, 11) is 0. The number of nitrogen functional groups attached to an aromatic ring is 1. The molecule has 0 spiro atoms. The number of nitrogens with one attached hydrogen (secondary N) is 1. The van der Waals surface area contributed by atoms with Gasteiger partial charge in [0.15, 0.2) is 0 Å². The average molecular weight is 436 g/mol. The van der Waals surface area contributed by atoms with Crippen LogP contribution in [0.2, 0.25) is 5.02 Å². The van der Waals surface area contributed by atoms with E-state index in [0.717, 1.165) is 0 Å². The first-order valence-corrected chi connectivity index (χ1v) is 10.4. The number of nitrogens with two attached hydrogens (primary N) is 1. The number of halogens is 1. The fourth-order valence-electron chi connectivity index (χ4n) is 3.43. The normalized spacial score (nSPS) is 10.9. The number of thiophene rings is 1. The molecule has 0 saturated carbocycles. The Morgan fingerprint density at radius 2 is 1.70 bits per heavy atom. The third kappa shape index (κ3) is 3.56. The van der Waals surface area contributed by atoms with Gasteiger partial charge in [-0.25, -0.2) is 4.98 Å². The van der Waals surface area contributed by atoms with Gasteiger partial charge in [-0.3, -0.25) is 9.59 Å². The SMILES string of the molecule is Cc1nc2sc(C(=O)c3ccc(Cl)cc3)c(N)c2c(C)c1C(=O)Nc1ccccc1. The molecule has 0 radical (unpaired) electrons. The number of benzene rings is 2. The van der Waals surface area contributed by atoms with E-state index in [9.17, 15) is 9.59 Å². The van der Waals surface area contributed by atoms with Crippen LogP contribution in [-0.2, 0) is 0 Å². The van der Waals surface area contributed by atoms with E-state index in [2.05, 4.69) is 10.3 Å². The summed E-state index contributed by atoms with van der Waals surface area (Å²) in [5, 5.41) is 4.08. The molecule has 0 bridgehead atoms. The van der Waals surface area contributed by atoms with Crippen LogP contribution < -0.4 is 11.1 Å². The quantitative estimate of drug-likeness (QED) is 0.406. The molecule has 2 heterocycles. The smallest absolute Gasteiger partial charge is 0.257 e. The summed E-state index contributed by atoms with van der Waals surface area (Å²) in [6, 6.07) is 15.9. The monoisotopic (exact) mass is 435 g/mol. The van der Waals surface area contributed by atoms with Gasteiger partial charge < -0.3 is 11.1 Å². The van der Waals surface area contributed by atoms with E-state index in [1.165, 1.54) is 11.3 Å². The summed E-state index contributed by atoms with van der Waals surface area (Å²) in [4.78, 5) is 31.5. The lowest BCUT2D eigenvalue weighted by atomic mass is 10.0. The maximum Gasteiger partial charge on any atom is 0.257 e. The molecule has 5 nitrogen and oxygen atoms in total. The largest absolute Gasteiger partial charge is 0.397 e. The second-order valence-corrected chi connectivity index (χ2v) is 8.31.